The van der Waals surface area contributed by atoms with E-state index < -0.39 is 0 Å². The van der Waals surface area contributed by atoms with Crippen molar-refractivity contribution in [3.05, 3.63) is 58.1 Å². The van der Waals surface area contributed by atoms with Crippen LogP contribution >= 0.6 is 23.2 Å². The molecule has 1 N–H and O–H groups in total. The minimum absolute atomic E-state index is 0.144. The predicted octanol–water partition coefficient (Wildman–Crippen LogP) is 4.50. The van der Waals surface area contributed by atoms with Gasteiger partial charge < -0.3 is 15.0 Å². The third-order valence-corrected chi connectivity index (χ3v) is 6.35. The van der Waals surface area contributed by atoms with Crippen LogP contribution in [0.5, 0.6) is 5.75 Å². The highest BCUT2D eigenvalue weighted by molar-refractivity contribution is 6.35. The van der Waals surface area contributed by atoms with Gasteiger partial charge in [-0.05, 0) is 55.7 Å². The number of halogens is 2. The first kappa shape index (κ1) is 24.4. The monoisotopic (exact) mass is 477 g/mol. The maximum absolute atomic E-state index is 12.8. The smallest absolute Gasteiger partial charge is 0.241 e. The van der Waals surface area contributed by atoms with Crippen molar-refractivity contribution in [2.45, 2.75) is 32.2 Å². The van der Waals surface area contributed by atoms with E-state index in [-0.39, 0.29) is 17.9 Å². The molecule has 1 saturated heterocycles. The maximum atomic E-state index is 12.8. The highest BCUT2D eigenvalue weighted by Crippen LogP contribution is 2.26. The van der Waals surface area contributed by atoms with Crippen LogP contribution in [0.1, 0.15) is 25.3 Å². The molecule has 8 heteroatoms. The normalized spacial score (nSPS) is 15.7. The molecule has 0 aliphatic carbocycles. The minimum Gasteiger partial charge on any atom is -0.497 e. The van der Waals surface area contributed by atoms with Gasteiger partial charge in [0, 0.05) is 37.6 Å². The van der Waals surface area contributed by atoms with Crippen molar-refractivity contribution in [2.24, 2.45) is 0 Å². The summed E-state index contributed by atoms with van der Waals surface area (Å²) in [6.07, 6.45) is 1.99. The number of methoxy groups -OCH3 is 1. The largest absolute Gasteiger partial charge is 0.497 e. The number of carbonyl (C=O) groups excluding carboxylic acids is 2. The number of rotatable bonds is 7. The quantitative estimate of drug-likeness (QED) is 0.637. The number of benzene rings is 2. The fourth-order valence-corrected chi connectivity index (χ4v) is 4.11. The molecule has 2 amide bonds. The summed E-state index contributed by atoms with van der Waals surface area (Å²) in [6.45, 7) is 4.57. The van der Waals surface area contributed by atoms with Crippen molar-refractivity contribution in [1.82, 2.24) is 9.80 Å². The lowest BCUT2D eigenvalue weighted by Gasteiger charge is -2.27. The van der Waals surface area contributed by atoms with Gasteiger partial charge in [-0.15, -0.1) is 0 Å². The SMILES string of the molecule is COc1ccc(CCC(=O)N2CCCN(C(C)C(=O)Nc3cc(Cl)ccc3Cl)CC2)cc1. The standard InChI is InChI=1S/C24H29Cl2N3O3/c1-17(24(31)27-22-16-19(25)7-10-21(22)26)28-12-3-13-29(15-14-28)23(30)11-6-18-4-8-20(32-2)9-5-18/h4-5,7-10,16-17H,3,6,11-15H2,1-2H3,(H,27,31). The molecule has 3 rings (SSSR count). The summed E-state index contributed by atoms with van der Waals surface area (Å²) in [6, 6.07) is 12.4. The van der Waals surface area contributed by atoms with Crippen molar-refractivity contribution < 1.29 is 14.3 Å². The molecule has 0 spiro atoms. The van der Waals surface area contributed by atoms with E-state index in [2.05, 4.69) is 10.2 Å². The lowest BCUT2D eigenvalue weighted by atomic mass is 10.1. The van der Waals surface area contributed by atoms with Crippen LogP contribution < -0.4 is 10.1 Å². The molecule has 1 unspecified atom stereocenters. The number of ether oxygens (including phenoxy) is 1. The molecule has 1 atom stereocenters. The molecular weight excluding hydrogens is 449 g/mol. The first-order valence-electron chi connectivity index (χ1n) is 10.8. The molecule has 6 nitrogen and oxygen atoms in total. The van der Waals surface area contributed by atoms with Crippen LogP contribution in [0.4, 0.5) is 5.69 Å². The third-order valence-electron chi connectivity index (χ3n) is 5.78. The molecule has 0 radical (unpaired) electrons. The second-order valence-electron chi connectivity index (χ2n) is 7.91. The molecule has 2 aromatic rings. The van der Waals surface area contributed by atoms with Crippen LogP contribution in [0.15, 0.2) is 42.5 Å². The summed E-state index contributed by atoms with van der Waals surface area (Å²) in [4.78, 5) is 29.5. The molecule has 2 aromatic carbocycles. The van der Waals surface area contributed by atoms with Gasteiger partial charge in [0.25, 0.3) is 0 Å². The number of hydrogen-bond donors (Lipinski definition) is 1. The summed E-state index contributed by atoms with van der Waals surface area (Å²) >= 11 is 12.2. The topological polar surface area (TPSA) is 61.9 Å². The molecule has 1 heterocycles. The fraction of sp³-hybridized carbons (Fsp3) is 0.417. The Bertz CT molecular complexity index is 937. The van der Waals surface area contributed by atoms with E-state index in [4.69, 9.17) is 27.9 Å². The minimum atomic E-state index is -0.348. The lowest BCUT2D eigenvalue weighted by Crippen LogP contribution is -2.44. The molecule has 0 saturated carbocycles. The van der Waals surface area contributed by atoms with Crippen LogP contribution in [0, 0.1) is 0 Å². The van der Waals surface area contributed by atoms with Crippen molar-refractivity contribution >= 4 is 40.7 Å². The number of anilines is 1. The van der Waals surface area contributed by atoms with E-state index in [1.807, 2.05) is 36.1 Å². The van der Waals surface area contributed by atoms with Gasteiger partial charge >= 0.3 is 0 Å². The molecule has 1 fully saturated rings. The van der Waals surface area contributed by atoms with E-state index in [1.165, 1.54) is 0 Å². The number of nitrogens with one attached hydrogen (secondary N) is 1. The summed E-state index contributed by atoms with van der Waals surface area (Å²) in [5, 5.41) is 3.82. The van der Waals surface area contributed by atoms with Gasteiger partial charge in [0.2, 0.25) is 11.8 Å². The van der Waals surface area contributed by atoms with Crippen molar-refractivity contribution in [1.29, 1.82) is 0 Å². The van der Waals surface area contributed by atoms with Gasteiger partial charge in [-0.3, -0.25) is 14.5 Å². The first-order valence-corrected chi connectivity index (χ1v) is 11.5. The van der Waals surface area contributed by atoms with Gasteiger partial charge in [-0.2, -0.15) is 0 Å². The van der Waals surface area contributed by atoms with Gasteiger partial charge in [0.05, 0.1) is 23.9 Å². The van der Waals surface area contributed by atoms with Crippen molar-refractivity contribution in [3.8, 4) is 5.75 Å². The van der Waals surface area contributed by atoms with Crippen LogP contribution in [-0.4, -0.2) is 60.9 Å². The van der Waals surface area contributed by atoms with E-state index in [0.29, 0.717) is 48.2 Å². The summed E-state index contributed by atoms with van der Waals surface area (Å²) in [7, 11) is 1.64. The Morgan fingerprint density at radius 3 is 2.53 bits per heavy atom. The number of nitrogens with zero attached hydrogens (tertiary/aromatic N) is 2. The average Bonchev–Trinajstić information content (AvgIpc) is 3.06. The number of carbonyl (C=O) groups is 2. The van der Waals surface area contributed by atoms with Crippen LogP contribution in [-0.2, 0) is 16.0 Å². The maximum Gasteiger partial charge on any atom is 0.241 e. The zero-order valence-electron chi connectivity index (χ0n) is 18.4. The zero-order valence-corrected chi connectivity index (χ0v) is 20.0. The van der Waals surface area contributed by atoms with Gasteiger partial charge in [-0.1, -0.05) is 35.3 Å². The summed E-state index contributed by atoms with van der Waals surface area (Å²) in [5.41, 5.74) is 1.61. The molecule has 32 heavy (non-hydrogen) atoms. The lowest BCUT2D eigenvalue weighted by molar-refractivity contribution is -0.131. The van der Waals surface area contributed by atoms with Crippen molar-refractivity contribution in [2.75, 3.05) is 38.6 Å². The Labute approximate surface area is 199 Å². The molecular formula is C24H29Cl2N3O3. The Kier molecular flexibility index (Phi) is 8.79. The molecule has 1 aliphatic heterocycles. The molecule has 0 bridgehead atoms. The van der Waals surface area contributed by atoms with E-state index >= 15 is 0 Å². The molecule has 172 valence electrons. The highest BCUT2D eigenvalue weighted by Gasteiger charge is 2.26. The van der Waals surface area contributed by atoms with Gasteiger partial charge in [-0.25, -0.2) is 0 Å². The number of hydrogen-bond acceptors (Lipinski definition) is 4. The number of aryl methyl sites for hydroxylation is 1. The zero-order chi connectivity index (χ0) is 23.1. The second kappa shape index (κ2) is 11.5. The first-order chi connectivity index (χ1) is 15.4. The molecule has 1 aliphatic rings. The van der Waals surface area contributed by atoms with Gasteiger partial charge in [0.1, 0.15) is 5.75 Å². The predicted molar refractivity (Wildman–Crippen MR) is 129 cm³/mol. The van der Waals surface area contributed by atoms with E-state index in [0.717, 1.165) is 24.3 Å². The van der Waals surface area contributed by atoms with Crippen LogP contribution in [0.3, 0.4) is 0 Å². The Hall–Kier alpha value is -2.28. The summed E-state index contributed by atoms with van der Waals surface area (Å²) < 4.78 is 5.17. The summed E-state index contributed by atoms with van der Waals surface area (Å²) in [5.74, 6) is 0.808. The number of amides is 2. The highest BCUT2D eigenvalue weighted by atomic mass is 35.5. The molecule has 0 aromatic heterocycles. The van der Waals surface area contributed by atoms with E-state index in [9.17, 15) is 9.59 Å². The second-order valence-corrected chi connectivity index (χ2v) is 8.75. The Morgan fingerprint density at radius 1 is 1.06 bits per heavy atom. The van der Waals surface area contributed by atoms with Crippen molar-refractivity contribution in [3.63, 3.8) is 0 Å². The third kappa shape index (κ3) is 6.61. The van der Waals surface area contributed by atoms with Crippen LogP contribution in [0.25, 0.3) is 0 Å². The van der Waals surface area contributed by atoms with Crippen LogP contribution in [0.2, 0.25) is 10.0 Å². The Balaban J connectivity index is 1.50. The fourth-order valence-electron chi connectivity index (χ4n) is 3.77. The average molecular weight is 478 g/mol. The van der Waals surface area contributed by atoms with Gasteiger partial charge in [0.15, 0.2) is 0 Å². The Morgan fingerprint density at radius 2 is 1.81 bits per heavy atom. The van der Waals surface area contributed by atoms with E-state index in [1.54, 1.807) is 25.3 Å².